The number of aryl methyl sites for hydroxylation is 1. The van der Waals surface area contributed by atoms with E-state index in [1.807, 2.05) is 0 Å². The molecule has 1 aliphatic carbocycles. The van der Waals surface area contributed by atoms with Crippen molar-refractivity contribution in [3.05, 3.63) is 16.1 Å². The molecule has 2 heterocycles. The molecular weight excluding hydrogens is 230 g/mol. The Hall–Kier alpha value is -0.450. The van der Waals surface area contributed by atoms with Crippen LogP contribution in [0.1, 0.15) is 23.5 Å². The number of aromatic nitrogens is 1. The lowest BCUT2D eigenvalue weighted by Crippen LogP contribution is -2.52. The van der Waals surface area contributed by atoms with Crippen molar-refractivity contribution in [3.8, 4) is 0 Å². The number of hydrogen-bond acceptors (Lipinski definition) is 4. The van der Waals surface area contributed by atoms with Gasteiger partial charge in [0.25, 0.3) is 0 Å². The van der Waals surface area contributed by atoms with E-state index >= 15 is 0 Å². The van der Waals surface area contributed by atoms with Crippen LogP contribution in [0.25, 0.3) is 0 Å². The summed E-state index contributed by atoms with van der Waals surface area (Å²) in [5.74, 6) is 0.972. The van der Waals surface area contributed by atoms with Crippen molar-refractivity contribution < 1.29 is 0 Å². The second-order valence-electron chi connectivity index (χ2n) is 5.33. The Bertz CT molecular complexity index is 372. The van der Waals surface area contributed by atoms with E-state index in [1.54, 1.807) is 11.3 Å². The van der Waals surface area contributed by atoms with Gasteiger partial charge < -0.3 is 10.2 Å². The molecule has 1 N–H and O–H groups in total. The molecule has 1 aromatic heterocycles. The largest absolute Gasteiger partial charge is 0.311 e. The molecule has 2 aliphatic rings. The Morgan fingerprint density at radius 1 is 1.53 bits per heavy atom. The molecule has 0 bridgehead atoms. The average Bonchev–Trinajstić information content (AvgIpc) is 3.11. The summed E-state index contributed by atoms with van der Waals surface area (Å²) in [4.78, 5) is 7.15. The predicted octanol–water partition coefficient (Wildman–Crippen LogP) is 1.68. The maximum Gasteiger partial charge on any atom is 0.0940 e. The summed E-state index contributed by atoms with van der Waals surface area (Å²) in [6, 6.07) is 0.766. The monoisotopic (exact) mass is 251 g/mol. The van der Waals surface area contributed by atoms with Crippen LogP contribution in [-0.4, -0.2) is 42.1 Å². The highest BCUT2D eigenvalue weighted by Gasteiger charge is 2.33. The maximum atomic E-state index is 4.54. The standard InChI is InChI=1S/C13H21N3S/c1-10-9-17-13(15-10)4-6-16-7-5-14-12(8-16)11-2-3-11/h9,11-12,14H,2-8H2,1H3. The van der Waals surface area contributed by atoms with Crippen LogP contribution in [0, 0.1) is 12.8 Å². The van der Waals surface area contributed by atoms with Gasteiger partial charge in [-0.1, -0.05) is 0 Å². The zero-order chi connectivity index (χ0) is 11.7. The molecule has 3 rings (SSSR count). The summed E-state index contributed by atoms with van der Waals surface area (Å²) in [5.41, 5.74) is 1.17. The van der Waals surface area contributed by atoms with Crippen molar-refractivity contribution in [2.45, 2.75) is 32.2 Å². The minimum atomic E-state index is 0.766. The van der Waals surface area contributed by atoms with Gasteiger partial charge >= 0.3 is 0 Å². The SMILES string of the molecule is Cc1csc(CCN2CCNC(C3CC3)C2)n1. The van der Waals surface area contributed by atoms with Crippen LogP contribution in [-0.2, 0) is 6.42 Å². The molecule has 1 unspecified atom stereocenters. The van der Waals surface area contributed by atoms with Crippen molar-refractivity contribution in [2.24, 2.45) is 5.92 Å². The van der Waals surface area contributed by atoms with Crippen molar-refractivity contribution in [2.75, 3.05) is 26.2 Å². The van der Waals surface area contributed by atoms with Crippen LogP contribution >= 0.6 is 11.3 Å². The van der Waals surface area contributed by atoms with Crippen molar-refractivity contribution in [1.82, 2.24) is 15.2 Å². The van der Waals surface area contributed by atoms with E-state index in [4.69, 9.17) is 0 Å². The third kappa shape index (κ3) is 3.06. The molecule has 1 atom stereocenters. The molecule has 1 saturated heterocycles. The van der Waals surface area contributed by atoms with Crippen LogP contribution in [0.4, 0.5) is 0 Å². The molecule has 2 fully saturated rings. The number of piperazine rings is 1. The number of nitrogens with zero attached hydrogens (tertiary/aromatic N) is 2. The highest BCUT2D eigenvalue weighted by molar-refractivity contribution is 7.09. The molecular formula is C13H21N3S. The summed E-state index contributed by atoms with van der Waals surface area (Å²) in [6.45, 7) is 6.87. The van der Waals surface area contributed by atoms with Crippen LogP contribution in [0.3, 0.4) is 0 Å². The van der Waals surface area contributed by atoms with E-state index in [0.29, 0.717) is 0 Å². The van der Waals surface area contributed by atoms with Crippen molar-refractivity contribution in [1.29, 1.82) is 0 Å². The maximum absolute atomic E-state index is 4.54. The summed E-state index contributed by atoms with van der Waals surface area (Å²) in [7, 11) is 0. The van der Waals surface area contributed by atoms with Crippen LogP contribution in [0.5, 0.6) is 0 Å². The Balaban J connectivity index is 1.47. The smallest absolute Gasteiger partial charge is 0.0940 e. The van der Waals surface area contributed by atoms with Gasteiger partial charge in [0.2, 0.25) is 0 Å². The molecule has 0 spiro atoms. The van der Waals surface area contributed by atoms with E-state index in [9.17, 15) is 0 Å². The predicted molar refractivity (Wildman–Crippen MR) is 71.5 cm³/mol. The normalized spacial score (nSPS) is 26.3. The first-order valence-corrected chi connectivity index (χ1v) is 7.56. The fourth-order valence-electron chi connectivity index (χ4n) is 2.63. The van der Waals surface area contributed by atoms with E-state index in [1.165, 1.54) is 43.2 Å². The molecule has 0 aromatic carbocycles. The highest BCUT2D eigenvalue weighted by atomic mass is 32.1. The van der Waals surface area contributed by atoms with E-state index in [-0.39, 0.29) is 0 Å². The summed E-state index contributed by atoms with van der Waals surface area (Å²) in [6.07, 6.45) is 4.00. The molecule has 0 radical (unpaired) electrons. The first-order valence-electron chi connectivity index (χ1n) is 6.68. The second-order valence-corrected chi connectivity index (χ2v) is 6.27. The van der Waals surface area contributed by atoms with Gasteiger partial charge in [0.05, 0.1) is 5.01 Å². The fraction of sp³-hybridized carbons (Fsp3) is 0.769. The summed E-state index contributed by atoms with van der Waals surface area (Å²) in [5, 5.41) is 7.11. The molecule has 17 heavy (non-hydrogen) atoms. The topological polar surface area (TPSA) is 28.2 Å². The first kappa shape index (κ1) is 11.6. The van der Waals surface area contributed by atoms with Gasteiger partial charge in [-0.15, -0.1) is 11.3 Å². The summed E-state index contributed by atoms with van der Waals surface area (Å²) < 4.78 is 0. The third-order valence-electron chi connectivity index (χ3n) is 3.79. The zero-order valence-electron chi connectivity index (χ0n) is 10.5. The number of thiazole rings is 1. The van der Waals surface area contributed by atoms with Crippen molar-refractivity contribution >= 4 is 11.3 Å². The molecule has 94 valence electrons. The molecule has 0 amide bonds. The lowest BCUT2D eigenvalue weighted by atomic mass is 10.1. The van der Waals surface area contributed by atoms with Gasteiger partial charge in [-0.2, -0.15) is 0 Å². The minimum Gasteiger partial charge on any atom is -0.311 e. The lowest BCUT2D eigenvalue weighted by molar-refractivity contribution is 0.190. The molecule has 1 aromatic rings. The quantitative estimate of drug-likeness (QED) is 0.882. The van der Waals surface area contributed by atoms with Gasteiger partial charge in [0, 0.05) is 49.7 Å². The van der Waals surface area contributed by atoms with Crippen LogP contribution < -0.4 is 5.32 Å². The van der Waals surface area contributed by atoms with Gasteiger partial charge in [-0.05, 0) is 25.7 Å². The summed E-state index contributed by atoms with van der Waals surface area (Å²) >= 11 is 1.80. The Kier molecular flexibility index (Phi) is 3.45. The first-order chi connectivity index (χ1) is 8.31. The molecule has 3 nitrogen and oxygen atoms in total. The second kappa shape index (κ2) is 5.04. The minimum absolute atomic E-state index is 0.766. The fourth-order valence-corrected chi connectivity index (χ4v) is 3.40. The zero-order valence-corrected chi connectivity index (χ0v) is 11.3. The third-order valence-corrected chi connectivity index (χ3v) is 4.82. The highest BCUT2D eigenvalue weighted by Crippen LogP contribution is 2.33. The van der Waals surface area contributed by atoms with Crippen LogP contribution in [0.15, 0.2) is 5.38 Å². The van der Waals surface area contributed by atoms with E-state index in [2.05, 4.69) is 27.5 Å². The van der Waals surface area contributed by atoms with E-state index in [0.717, 1.165) is 24.9 Å². The molecule has 1 saturated carbocycles. The number of nitrogens with one attached hydrogen (secondary N) is 1. The Morgan fingerprint density at radius 3 is 3.12 bits per heavy atom. The van der Waals surface area contributed by atoms with Gasteiger partial charge in [0.15, 0.2) is 0 Å². The lowest BCUT2D eigenvalue weighted by Gasteiger charge is -2.33. The van der Waals surface area contributed by atoms with Gasteiger partial charge in [0.1, 0.15) is 0 Å². The van der Waals surface area contributed by atoms with Gasteiger partial charge in [-0.25, -0.2) is 4.98 Å². The number of hydrogen-bond donors (Lipinski definition) is 1. The average molecular weight is 251 g/mol. The Morgan fingerprint density at radius 2 is 2.41 bits per heavy atom. The van der Waals surface area contributed by atoms with E-state index < -0.39 is 0 Å². The molecule has 4 heteroatoms. The Labute approximate surface area is 107 Å². The molecule has 1 aliphatic heterocycles. The van der Waals surface area contributed by atoms with Crippen LogP contribution in [0.2, 0.25) is 0 Å². The van der Waals surface area contributed by atoms with Gasteiger partial charge in [-0.3, -0.25) is 0 Å². The number of rotatable bonds is 4. The van der Waals surface area contributed by atoms with Crippen molar-refractivity contribution in [3.63, 3.8) is 0 Å².